The number of aryl methyl sites for hydroxylation is 1. The van der Waals surface area contributed by atoms with Crippen molar-refractivity contribution in [3.8, 4) is 61.4 Å². The van der Waals surface area contributed by atoms with Crippen LogP contribution in [0.5, 0.6) is 5.75 Å². The van der Waals surface area contributed by atoms with Crippen molar-refractivity contribution < 1.29 is 5.11 Å². The van der Waals surface area contributed by atoms with Crippen molar-refractivity contribution >= 4 is 38.6 Å². The van der Waals surface area contributed by atoms with Crippen LogP contribution >= 0.6 is 0 Å². The van der Waals surface area contributed by atoms with Gasteiger partial charge in [0.25, 0.3) is 0 Å². The smallest absolute Gasteiger partial charge is 0.128 e. The Hall–Kier alpha value is -10.0. The summed E-state index contributed by atoms with van der Waals surface area (Å²) >= 11 is 0. The molecule has 3 aliphatic rings. The van der Waals surface area contributed by atoms with E-state index in [1.165, 1.54) is 88.7 Å². The quantitative estimate of drug-likeness (QED) is 0.156. The highest BCUT2D eigenvalue weighted by atomic mass is 16.3. The predicted octanol–water partition coefficient (Wildman–Crippen LogP) is 20.2. The van der Waals surface area contributed by atoms with Gasteiger partial charge in [-0.15, -0.1) is 0 Å². The van der Waals surface area contributed by atoms with Gasteiger partial charge in [0.05, 0.1) is 16.5 Å². The number of para-hydroxylation sites is 2. The van der Waals surface area contributed by atoms with Gasteiger partial charge in [-0.25, -0.2) is 0 Å². The molecule has 382 valence electrons. The lowest BCUT2D eigenvalue weighted by atomic mass is 9.65. The van der Waals surface area contributed by atoms with E-state index >= 15 is 0 Å². The number of aromatic hydroxyl groups is 1. The van der Waals surface area contributed by atoms with Crippen molar-refractivity contribution in [1.82, 2.24) is 0 Å². The van der Waals surface area contributed by atoms with Crippen LogP contribution in [-0.2, 0) is 17.3 Å². The minimum atomic E-state index is -0.826. The minimum absolute atomic E-state index is 0.321. The number of hydrogen-bond donors (Lipinski definition) is 1. The lowest BCUT2D eigenvalue weighted by molar-refractivity contribution is 0.467. The van der Waals surface area contributed by atoms with E-state index < -0.39 is 10.8 Å². The Kier molecular flexibility index (Phi) is 10.6. The molecular weight excluding hydrogens is 979 g/mol. The predicted molar refractivity (Wildman–Crippen MR) is 336 cm³/mol. The number of anilines is 3. The van der Waals surface area contributed by atoms with E-state index in [4.69, 9.17) is 0 Å². The third kappa shape index (κ3) is 6.62. The highest BCUT2D eigenvalue weighted by Gasteiger charge is 2.52. The number of phenols is 1. The molecule has 1 spiro atoms. The summed E-state index contributed by atoms with van der Waals surface area (Å²) in [7, 11) is 0. The van der Waals surface area contributed by atoms with Crippen LogP contribution in [0.15, 0.2) is 285 Å². The molecule has 0 bridgehead atoms. The van der Waals surface area contributed by atoms with E-state index in [0.717, 1.165) is 68.5 Å². The van der Waals surface area contributed by atoms with Crippen molar-refractivity contribution in [1.29, 1.82) is 0 Å². The lowest BCUT2D eigenvalue weighted by Gasteiger charge is -2.36. The SMILES string of the molecule is CCCc1c(C2(c3ccc4ccccc4c3O)c3ccccc3-c3cc(-c4ccccc4-c4ccccc4N(c4ccccc4)c4ccc5c(c4)C4(c6ccccc6-c6ccccc64)c4ccccc4-5)ccc32)ccc2ccccc12. The third-order valence-electron chi connectivity index (χ3n) is 18.2. The molecule has 1 unspecified atom stereocenters. The summed E-state index contributed by atoms with van der Waals surface area (Å²) in [5.74, 6) is 0.321. The zero-order valence-electron chi connectivity index (χ0n) is 44.9. The minimum Gasteiger partial charge on any atom is -0.507 e. The molecule has 2 heteroatoms. The number of phenolic OH excluding ortho intramolecular Hbond substituents is 1. The second-order valence-corrected chi connectivity index (χ2v) is 22.2. The Morgan fingerprint density at radius 1 is 0.309 bits per heavy atom. The molecule has 0 radical (unpaired) electrons. The molecule has 0 amide bonds. The van der Waals surface area contributed by atoms with Crippen LogP contribution < -0.4 is 4.90 Å². The van der Waals surface area contributed by atoms with E-state index in [-0.39, 0.29) is 0 Å². The first kappa shape index (κ1) is 47.0. The van der Waals surface area contributed by atoms with Gasteiger partial charge in [-0.05, 0) is 154 Å². The summed E-state index contributed by atoms with van der Waals surface area (Å²) in [6.45, 7) is 2.28. The molecule has 13 aromatic rings. The zero-order chi connectivity index (χ0) is 53.8. The van der Waals surface area contributed by atoms with Gasteiger partial charge in [0.1, 0.15) is 5.75 Å². The lowest BCUT2D eigenvalue weighted by Crippen LogP contribution is -2.30. The first-order valence-corrected chi connectivity index (χ1v) is 28.5. The monoisotopic (exact) mass is 1030 g/mol. The summed E-state index contributed by atoms with van der Waals surface area (Å²) in [5, 5.41) is 17.2. The average molecular weight is 1030 g/mol. The maximum absolute atomic E-state index is 12.9. The first-order chi connectivity index (χ1) is 40.1. The molecule has 0 aliphatic heterocycles. The molecule has 0 saturated carbocycles. The molecule has 0 fully saturated rings. The van der Waals surface area contributed by atoms with Gasteiger partial charge in [0, 0.05) is 27.9 Å². The number of rotatable bonds is 9. The van der Waals surface area contributed by atoms with E-state index in [1.807, 2.05) is 12.1 Å². The van der Waals surface area contributed by atoms with E-state index in [1.54, 1.807) is 0 Å². The van der Waals surface area contributed by atoms with Crippen LogP contribution in [0.2, 0.25) is 0 Å². The molecule has 2 nitrogen and oxygen atoms in total. The van der Waals surface area contributed by atoms with Gasteiger partial charge in [-0.2, -0.15) is 0 Å². The van der Waals surface area contributed by atoms with Gasteiger partial charge in [-0.3, -0.25) is 0 Å². The maximum Gasteiger partial charge on any atom is 0.128 e. The van der Waals surface area contributed by atoms with Crippen LogP contribution in [-0.4, -0.2) is 5.11 Å². The molecule has 0 heterocycles. The van der Waals surface area contributed by atoms with Crippen molar-refractivity contribution in [2.24, 2.45) is 0 Å². The Morgan fingerprint density at radius 2 is 0.765 bits per heavy atom. The Balaban J connectivity index is 0.898. The molecule has 3 aliphatic carbocycles. The molecular formula is C79H55NO. The fraction of sp³-hybridized carbons (Fsp3) is 0.0633. The van der Waals surface area contributed by atoms with Gasteiger partial charge in [-0.1, -0.05) is 262 Å². The summed E-state index contributed by atoms with van der Waals surface area (Å²) in [4.78, 5) is 2.47. The fourth-order valence-corrected chi connectivity index (χ4v) is 15.0. The Bertz CT molecular complexity index is 4640. The second-order valence-electron chi connectivity index (χ2n) is 22.2. The van der Waals surface area contributed by atoms with Crippen LogP contribution in [0, 0.1) is 0 Å². The van der Waals surface area contributed by atoms with Crippen molar-refractivity contribution in [2.45, 2.75) is 30.6 Å². The van der Waals surface area contributed by atoms with Crippen LogP contribution in [0.25, 0.3) is 77.2 Å². The summed E-state index contributed by atoms with van der Waals surface area (Å²) in [6, 6.07) is 105. The topological polar surface area (TPSA) is 23.5 Å². The molecule has 1 atom stereocenters. The highest BCUT2D eigenvalue weighted by molar-refractivity contribution is 6.01. The van der Waals surface area contributed by atoms with E-state index in [0.29, 0.717) is 5.75 Å². The number of nitrogens with zero attached hydrogens (tertiary/aromatic N) is 1. The van der Waals surface area contributed by atoms with E-state index in [9.17, 15) is 5.11 Å². The zero-order valence-corrected chi connectivity index (χ0v) is 44.9. The van der Waals surface area contributed by atoms with Crippen molar-refractivity contribution in [3.05, 3.63) is 335 Å². The van der Waals surface area contributed by atoms with Crippen LogP contribution in [0.3, 0.4) is 0 Å². The van der Waals surface area contributed by atoms with Gasteiger partial charge in [0.2, 0.25) is 0 Å². The summed E-state index contributed by atoms with van der Waals surface area (Å²) in [5.41, 5.74) is 25.1. The van der Waals surface area contributed by atoms with Crippen molar-refractivity contribution in [2.75, 3.05) is 4.90 Å². The highest BCUT2D eigenvalue weighted by Crippen LogP contribution is 2.64. The number of hydrogen-bond acceptors (Lipinski definition) is 2. The molecule has 13 aromatic carbocycles. The van der Waals surface area contributed by atoms with Gasteiger partial charge >= 0.3 is 0 Å². The van der Waals surface area contributed by atoms with Crippen LogP contribution in [0.1, 0.15) is 63.4 Å². The Labute approximate surface area is 473 Å². The normalized spacial score (nSPS) is 14.8. The molecule has 0 saturated heterocycles. The molecule has 0 aromatic heterocycles. The summed E-state index contributed by atoms with van der Waals surface area (Å²) in [6.07, 6.45) is 1.88. The van der Waals surface area contributed by atoms with E-state index in [2.05, 4.69) is 285 Å². The maximum atomic E-state index is 12.9. The largest absolute Gasteiger partial charge is 0.507 e. The van der Waals surface area contributed by atoms with Gasteiger partial charge < -0.3 is 10.0 Å². The second kappa shape index (κ2) is 18.3. The first-order valence-electron chi connectivity index (χ1n) is 28.5. The number of benzene rings is 13. The van der Waals surface area contributed by atoms with Gasteiger partial charge in [0.15, 0.2) is 0 Å². The number of fused-ring (bicyclic) bond motifs is 15. The standard InChI is InChI=1S/C79H55NO/c1-2-22-60-56-27-8-6-23-51(56)41-46-72(60)78(74-48-42-52-24-7-9-29-58(52)77(74)81)71-39-20-15-34-64(71)67-49-53(43-47-73(67)78)57-28-10-11-30-59(57)66-35-16-21-40-76(66)80(54-25-4-3-5-26-54)55-44-45-65-63-33-14-19-38-70(63)79(75(65)50-55)68-36-17-12-31-61(68)62-32-13-18-37-69(62)79/h3-21,23-50,81H,2,22H2,1H3. The summed E-state index contributed by atoms with van der Waals surface area (Å²) < 4.78 is 0. The third-order valence-corrected chi connectivity index (χ3v) is 18.2. The Morgan fingerprint density at radius 3 is 1.41 bits per heavy atom. The molecule has 16 rings (SSSR count). The average Bonchev–Trinajstić information content (AvgIpc) is 1.94. The van der Waals surface area contributed by atoms with Crippen molar-refractivity contribution in [3.63, 3.8) is 0 Å². The molecule has 1 N–H and O–H groups in total. The molecule has 81 heavy (non-hydrogen) atoms. The van der Waals surface area contributed by atoms with Crippen LogP contribution in [0.4, 0.5) is 17.1 Å². The fourth-order valence-electron chi connectivity index (χ4n) is 15.0.